The second-order valence-electron chi connectivity index (χ2n) is 6.74. The van der Waals surface area contributed by atoms with E-state index >= 15 is 0 Å². The fourth-order valence-electron chi connectivity index (χ4n) is 3.19. The number of carbonyl (C=O) groups is 1. The Morgan fingerprint density at radius 3 is 2.14 bits per heavy atom. The molecule has 0 N–H and O–H groups in total. The highest BCUT2D eigenvalue weighted by Gasteiger charge is 2.20. The van der Waals surface area contributed by atoms with Crippen molar-refractivity contribution < 1.29 is 9.53 Å². The Kier molecular flexibility index (Phi) is 6.95. The summed E-state index contributed by atoms with van der Waals surface area (Å²) in [5, 5.41) is 0. The van der Waals surface area contributed by atoms with Crippen LogP contribution < -0.4 is 0 Å². The van der Waals surface area contributed by atoms with Crippen LogP contribution >= 0.6 is 0 Å². The van der Waals surface area contributed by atoms with Crippen molar-refractivity contribution in [3.05, 3.63) is 71.8 Å². The monoisotopic (exact) mass is 377 g/mol. The Labute approximate surface area is 166 Å². The number of nitrogens with zero attached hydrogens (tertiary/aromatic N) is 3. The van der Waals surface area contributed by atoms with Crippen molar-refractivity contribution in [3.63, 3.8) is 0 Å². The first-order valence-electron chi connectivity index (χ1n) is 9.88. The molecule has 5 heteroatoms. The molecule has 0 aliphatic carbocycles. The Hall–Kier alpha value is -2.95. The van der Waals surface area contributed by atoms with Gasteiger partial charge in [-0.05, 0) is 26.7 Å². The molecule has 1 aliphatic heterocycles. The third kappa shape index (κ3) is 5.06. The lowest BCUT2D eigenvalue weighted by molar-refractivity contribution is -0.144. The molecule has 28 heavy (non-hydrogen) atoms. The fraction of sp³-hybridized carbons (Fsp3) is 0.348. The van der Waals surface area contributed by atoms with Gasteiger partial charge in [-0.2, -0.15) is 0 Å². The highest BCUT2D eigenvalue weighted by atomic mass is 16.5. The lowest BCUT2D eigenvalue weighted by Gasteiger charge is -2.21. The smallest absolute Gasteiger partial charge is 0.330 e. The second kappa shape index (κ2) is 9.83. The van der Waals surface area contributed by atoms with Crippen LogP contribution in [-0.2, 0) is 9.53 Å². The van der Waals surface area contributed by atoms with E-state index in [0.717, 1.165) is 42.9 Å². The van der Waals surface area contributed by atoms with Crippen LogP contribution in [0, 0.1) is 0 Å². The third-order valence-electron chi connectivity index (χ3n) is 4.63. The van der Waals surface area contributed by atoms with Crippen molar-refractivity contribution in [2.24, 2.45) is 9.98 Å². The van der Waals surface area contributed by atoms with E-state index in [-0.39, 0.29) is 5.97 Å². The summed E-state index contributed by atoms with van der Waals surface area (Å²) in [6, 6.07) is 19.3. The van der Waals surface area contributed by atoms with E-state index in [4.69, 9.17) is 9.73 Å². The van der Waals surface area contributed by atoms with Crippen LogP contribution in [0.25, 0.3) is 0 Å². The molecule has 1 aliphatic rings. The molecule has 1 fully saturated rings. The molecule has 0 aromatic heterocycles. The minimum absolute atomic E-state index is 0.339. The number of rotatable bonds is 5. The van der Waals surface area contributed by atoms with Crippen LogP contribution in [0.4, 0.5) is 0 Å². The molecule has 0 unspecified atom stereocenters. The Morgan fingerprint density at radius 1 is 1.00 bits per heavy atom. The molecule has 2 aromatic carbocycles. The fourth-order valence-corrected chi connectivity index (χ4v) is 3.19. The van der Waals surface area contributed by atoms with Gasteiger partial charge in [0.25, 0.3) is 0 Å². The number of hydrogen-bond acceptors (Lipinski definition) is 3. The van der Waals surface area contributed by atoms with Gasteiger partial charge in [-0.25, -0.2) is 9.79 Å². The largest absolute Gasteiger partial charge is 0.464 e. The summed E-state index contributed by atoms with van der Waals surface area (Å²) in [7, 11) is 0. The topological polar surface area (TPSA) is 54.3 Å². The lowest BCUT2D eigenvalue weighted by atomic mass is 10.1. The summed E-state index contributed by atoms with van der Waals surface area (Å²) in [6.45, 7) is 5.83. The Balaban J connectivity index is 2.05. The maximum absolute atomic E-state index is 12.1. The van der Waals surface area contributed by atoms with E-state index in [1.807, 2.05) is 48.5 Å². The van der Waals surface area contributed by atoms with Crippen LogP contribution in [0.15, 0.2) is 70.6 Å². The zero-order chi connectivity index (χ0) is 19.8. The van der Waals surface area contributed by atoms with E-state index in [2.05, 4.69) is 22.0 Å². The van der Waals surface area contributed by atoms with Gasteiger partial charge in [-0.15, -0.1) is 0 Å². The summed E-state index contributed by atoms with van der Waals surface area (Å²) in [5.41, 5.74) is 1.93. The zero-order valence-corrected chi connectivity index (χ0v) is 16.5. The van der Waals surface area contributed by atoms with Crippen LogP contribution in [0.2, 0.25) is 0 Å². The van der Waals surface area contributed by atoms with E-state index in [9.17, 15) is 4.79 Å². The maximum atomic E-state index is 12.1. The van der Waals surface area contributed by atoms with Crippen molar-refractivity contribution in [1.29, 1.82) is 0 Å². The number of esters is 1. The van der Waals surface area contributed by atoms with E-state index in [1.54, 1.807) is 13.8 Å². The van der Waals surface area contributed by atoms with Gasteiger partial charge in [-0.3, -0.25) is 4.99 Å². The predicted molar refractivity (Wildman–Crippen MR) is 113 cm³/mol. The maximum Gasteiger partial charge on any atom is 0.330 e. The molecule has 0 saturated carbocycles. The van der Waals surface area contributed by atoms with Gasteiger partial charge in [0.05, 0.1) is 6.61 Å². The van der Waals surface area contributed by atoms with E-state index < -0.39 is 6.04 Å². The summed E-state index contributed by atoms with van der Waals surface area (Å²) in [4.78, 5) is 24.0. The van der Waals surface area contributed by atoms with Crippen molar-refractivity contribution in [1.82, 2.24) is 4.90 Å². The number of hydrogen-bond donors (Lipinski definition) is 0. The number of carbonyl (C=O) groups excluding carboxylic acids is 1. The van der Waals surface area contributed by atoms with Gasteiger partial charge < -0.3 is 9.64 Å². The van der Waals surface area contributed by atoms with E-state index in [1.165, 1.54) is 0 Å². The molecule has 0 amide bonds. The molecule has 0 radical (unpaired) electrons. The van der Waals surface area contributed by atoms with Crippen LogP contribution in [0.3, 0.4) is 0 Å². The standard InChI is InChI=1S/C23H27N3O2/c1-3-28-23(27)18(2)24-21(19-12-6-4-7-13-19)25-22(26-16-10-11-17-26)20-14-8-5-9-15-20/h4-9,12-15,18H,3,10-11,16-17H2,1-2H3/t18-/m0/s1. The number of benzene rings is 2. The molecule has 146 valence electrons. The highest BCUT2D eigenvalue weighted by molar-refractivity contribution is 6.12. The first-order valence-corrected chi connectivity index (χ1v) is 9.88. The first-order chi connectivity index (χ1) is 13.7. The molecule has 1 heterocycles. The number of likely N-dealkylation sites (tertiary alicyclic amines) is 1. The second-order valence-corrected chi connectivity index (χ2v) is 6.74. The number of amidine groups is 2. The third-order valence-corrected chi connectivity index (χ3v) is 4.63. The summed E-state index contributed by atoms with van der Waals surface area (Å²) in [5.74, 6) is 1.11. The predicted octanol–water partition coefficient (Wildman–Crippen LogP) is 3.93. The lowest BCUT2D eigenvalue weighted by Crippen LogP contribution is -2.30. The van der Waals surface area contributed by atoms with Crippen LogP contribution in [0.5, 0.6) is 0 Å². The van der Waals surface area contributed by atoms with Crippen LogP contribution in [0.1, 0.15) is 37.8 Å². The van der Waals surface area contributed by atoms with Crippen LogP contribution in [-0.4, -0.2) is 48.3 Å². The molecule has 3 rings (SSSR count). The zero-order valence-electron chi connectivity index (χ0n) is 16.5. The Morgan fingerprint density at radius 2 is 1.57 bits per heavy atom. The summed E-state index contributed by atoms with van der Waals surface area (Å²) < 4.78 is 5.12. The molecular weight excluding hydrogens is 350 g/mol. The van der Waals surface area contributed by atoms with Crippen molar-refractivity contribution in [2.45, 2.75) is 32.7 Å². The normalized spacial score (nSPS) is 16.1. The van der Waals surface area contributed by atoms with Gasteiger partial charge in [0.1, 0.15) is 11.9 Å². The molecule has 1 saturated heterocycles. The SMILES string of the molecule is CCOC(=O)[C@H](C)N=C(N=C(c1ccccc1)N1CCCC1)c1ccccc1. The number of ether oxygens (including phenoxy) is 1. The van der Waals surface area contributed by atoms with Gasteiger partial charge >= 0.3 is 5.97 Å². The van der Waals surface area contributed by atoms with Gasteiger partial charge in [0.2, 0.25) is 0 Å². The summed E-state index contributed by atoms with van der Waals surface area (Å²) >= 11 is 0. The molecule has 2 aromatic rings. The molecule has 0 bridgehead atoms. The molecular formula is C23H27N3O2. The number of aliphatic imine (C=N–C) groups is 2. The van der Waals surface area contributed by atoms with Gasteiger partial charge in [0, 0.05) is 24.2 Å². The van der Waals surface area contributed by atoms with Gasteiger partial charge in [-0.1, -0.05) is 60.7 Å². The minimum Gasteiger partial charge on any atom is -0.464 e. The first kappa shape index (κ1) is 19.8. The van der Waals surface area contributed by atoms with E-state index in [0.29, 0.717) is 12.4 Å². The molecule has 0 spiro atoms. The molecule has 1 atom stereocenters. The van der Waals surface area contributed by atoms with Gasteiger partial charge in [0.15, 0.2) is 5.84 Å². The average Bonchev–Trinajstić information content (AvgIpc) is 3.27. The minimum atomic E-state index is -0.616. The Bertz CT molecular complexity index is 825. The molecule has 5 nitrogen and oxygen atoms in total. The highest BCUT2D eigenvalue weighted by Crippen LogP contribution is 2.16. The van der Waals surface area contributed by atoms with Crippen molar-refractivity contribution >= 4 is 17.6 Å². The van der Waals surface area contributed by atoms with Crippen molar-refractivity contribution in [2.75, 3.05) is 19.7 Å². The quantitative estimate of drug-likeness (QED) is 0.451. The summed E-state index contributed by atoms with van der Waals surface area (Å²) in [6.07, 6.45) is 2.31. The average molecular weight is 377 g/mol. The van der Waals surface area contributed by atoms with Crippen molar-refractivity contribution in [3.8, 4) is 0 Å².